The van der Waals surface area contributed by atoms with Gasteiger partial charge in [0.2, 0.25) is 5.91 Å². The van der Waals surface area contributed by atoms with Crippen LogP contribution in [-0.4, -0.2) is 50.6 Å². The van der Waals surface area contributed by atoms with Gasteiger partial charge in [0.1, 0.15) is 5.82 Å². The number of benzene rings is 2. The Morgan fingerprint density at radius 2 is 1.84 bits per heavy atom. The molecule has 2 aromatic carbocycles. The van der Waals surface area contributed by atoms with Crippen LogP contribution in [0.15, 0.2) is 40.9 Å². The van der Waals surface area contributed by atoms with Crippen LogP contribution in [0.5, 0.6) is 11.5 Å². The fourth-order valence-corrected chi connectivity index (χ4v) is 4.22. The molecule has 8 heteroatoms. The van der Waals surface area contributed by atoms with E-state index in [9.17, 15) is 14.0 Å². The van der Waals surface area contributed by atoms with Crippen LogP contribution in [0.4, 0.5) is 4.39 Å². The molecule has 0 radical (unpaired) electrons. The predicted molar refractivity (Wildman–Crippen MR) is 119 cm³/mol. The van der Waals surface area contributed by atoms with Gasteiger partial charge in [-0.2, -0.15) is 0 Å². The van der Waals surface area contributed by atoms with Crippen molar-refractivity contribution in [2.24, 2.45) is 5.92 Å². The largest absolute Gasteiger partial charge is 0.493 e. The Morgan fingerprint density at radius 1 is 1.16 bits per heavy atom. The number of methoxy groups -OCH3 is 2. The molecule has 1 N–H and O–H groups in total. The van der Waals surface area contributed by atoms with E-state index in [1.165, 1.54) is 24.3 Å². The smallest absolute Gasteiger partial charge is 0.253 e. The predicted octanol–water partition coefficient (Wildman–Crippen LogP) is 3.82. The molecule has 0 aliphatic carbocycles. The molecule has 31 heavy (non-hydrogen) atoms. The third-order valence-electron chi connectivity index (χ3n) is 5.42. The zero-order chi connectivity index (χ0) is 22.4. The lowest BCUT2D eigenvalue weighted by atomic mass is 9.96. The van der Waals surface area contributed by atoms with E-state index in [0.717, 1.165) is 22.9 Å². The fraction of sp³-hybridized carbons (Fsp3) is 0.391. The monoisotopic (exact) mass is 492 g/mol. The molecule has 2 aromatic rings. The van der Waals surface area contributed by atoms with Crippen LogP contribution in [0.25, 0.3) is 0 Å². The summed E-state index contributed by atoms with van der Waals surface area (Å²) in [4.78, 5) is 27.0. The molecule has 166 valence electrons. The van der Waals surface area contributed by atoms with Gasteiger partial charge in [-0.25, -0.2) is 4.39 Å². The van der Waals surface area contributed by atoms with E-state index >= 15 is 0 Å². The number of rotatable bonds is 7. The molecule has 1 aliphatic heterocycles. The highest BCUT2D eigenvalue weighted by molar-refractivity contribution is 9.10. The second-order valence-corrected chi connectivity index (χ2v) is 8.29. The molecule has 0 aromatic heterocycles. The van der Waals surface area contributed by atoms with Crippen molar-refractivity contribution in [1.29, 1.82) is 0 Å². The molecule has 0 saturated carbocycles. The SMILES string of the molecule is COc1cc(Br)c(CCNC(=O)[C@H]2CCCN(C(=O)c3ccc(F)cc3)C2)cc1OC. The van der Waals surface area contributed by atoms with Crippen molar-refractivity contribution < 1.29 is 23.5 Å². The molecule has 0 spiro atoms. The lowest BCUT2D eigenvalue weighted by molar-refractivity contribution is -0.126. The minimum absolute atomic E-state index is 0.0618. The third kappa shape index (κ3) is 5.76. The van der Waals surface area contributed by atoms with Crippen molar-refractivity contribution >= 4 is 27.7 Å². The molecule has 1 aliphatic rings. The molecule has 1 heterocycles. The first-order valence-corrected chi connectivity index (χ1v) is 10.9. The Kier molecular flexibility index (Phi) is 7.90. The van der Waals surface area contributed by atoms with Gasteiger partial charge < -0.3 is 19.7 Å². The lowest BCUT2D eigenvalue weighted by Crippen LogP contribution is -2.45. The van der Waals surface area contributed by atoms with Crippen molar-refractivity contribution in [3.05, 3.63) is 57.8 Å². The van der Waals surface area contributed by atoms with Gasteiger partial charge in [-0.05, 0) is 61.2 Å². The van der Waals surface area contributed by atoms with Crippen molar-refractivity contribution in [2.75, 3.05) is 33.9 Å². The highest BCUT2D eigenvalue weighted by Gasteiger charge is 2.28. The molecule has 1 atom stereocenters. The zero-order valence-electron chi connectivity index (χ0n) is 17.6. The van der Waals surface area contributed by atoms with Crippen LogP contribution >= 0.6 is 15.9 Å². The average molecular weight is 493 g/mol. The van der Waals surface area contributed by atoms with Crippen molar-refractivity contribution in [3.8, 4) is 11.5 Å². The Labute approximate surface area is 189 Å². The molecule has 0 unspecified atom stereocenters. The maximum absolute atomic E-state index is 13.1. The number of nitrogens with zero attached hydrogens (tertiary/aromatic N) is 1. The van der Waals surface area contributed by atoms with Crippen LogP contribution in [0.1, 0.15) is 28.8 Å². The second kappa shape index (κ2) is 10.6. The van der Waals surface area contributed by atoms with Gasteiger partial charge in [0.15, 0.2) is 11.5 Å². The van der Waals surface area contributed by atoms with Gasteiger partial charge >= 0.3 is 0 Å². The van der Waals surface area contributed by atoms with Crippen molar-refractivity contribution in [3.63, 3.8) is 0 Å². The fourth-order valence-electron chi connectivity index (χ4n) is 3.70. The van der Waals surface area contributed by atoms with Gasteiger partial charge in [0.25, 0.3) is 5.91 Å². The minimum Gasteiger partial charge on any atom is -0.493 e. The van der Waals surface area contributed by atoms with E-state index in [1.54, 1.807) is 19.1 Å². The number of amides is 2. The summed E-state index contributed by atoms with van der Waals surface area (Å²) < 4.78 is 24.6. The standard InChI is InChI=1S/C23H26BrFN2O4/c1-30-20-12-16(19(24)13-21(20)31-2)9-10-26-22(28)17-4-3-11-27(14-17)23(29)15-5-7-18(25)8-6-15/h5-8,12-13,17H,3-4,9-11,14H2,1-2H3,(H,26,28)/t17-/m0/s1. The Bertz CT molecular complexity index is 936. The zero-order valence-corrected chi connectivity index (χ0v) is 19.2. The normalized spacial score (nSPS) is 16.0. The minimum atomic E-state index is -0.381. The van der Waals surface area contributed by atoms with E-state index in [0.29, 0.717) is 43.1 Å². The summed E-state index contributed by atoms with van der Waals surface area (Å²) >= 11 is 3.53. The van der Waals surface area contributed by atoms with Gasteiger partial charge in [0, 0.05) is 29.7 Å². The van der Waals surface area contributed by atoms with Gasteiger partial charge in [-0.1, -0.05) is 15.9 Å². The quantitative estimate of drug-likeness (QED) is 0.637. The van der Waals surface area contributed by atoms with Crippen LogP contribution in [0.3, 0.4) is 0 Å². The van der Waals surface area contributed by atoms with E-state index in [-0.39, 0.29) is 23.5 Å². The van der Waals surface area contributed by atoms with Gasteiger partial charge in [-0.15, -0.1) is 0 Å². The molecule has 3 rings (SSSR count). The maximum Gasteiger partial charge on any atom is 0.253 e. The first kappa shape index (κ1) is 23.1. The summed E-state index contributed by atoms with van der Waals surface area (Å²) in [7, 11) is 3.16. The first-order valence-electron chi connectivity index (χ1n) is 10.2. The highest BCUT2D eigenvalue weighted by atomic mass is 79.9. The molecule has 1 fully saturated rings. The highest BCUT2D eigenvalue weighted by Crippen LogP contribution is 2.33. The van der Waals surface area contributed by atoms with Crippen molar-refractivity contribution in [2.45, 2.75) is 19.3 Å². The van der Waals surface area contributed by atoms with Gasteiger partial charge in [0.05, 0.1) is 20.1 Å². The lowest BCUT2D eigenvalue weighted by Gasteiger charge is -2.32. The number of hydrogen-bond acceptors (Lipinski definition) is 4. The molecule has 1 saturated heterocycles. The summed E-state index contributed by atoms with van der Waals surface area (Å²) in [5.74, 6) is 0.394. The summed E-state index contributed by atoms with van der Waals surface area (Å²) in [6.07, 6.45) is 2.11. The van der Waals surface area contributed by atoms with E-state index in [4.69, 9.17) is 9.47 Å². The number of hydrogen-bond donors (Lipinski definition) is 1. The number of carbonyl (C=O) groups is 2. The number of carbonyl (C=O) groups excluding carboxylic acids is 2. The molecular weight excluding hydrogens is 467 g/mol. The Hall–Kier alpha value is -2.61. The van der Waals surface area contributed by atoms with Gasteiger partial charge in [-0.3, -0.25) is 9.59 Å². The Balaban J connectivity index is 1.55. The van der Waals surface area contributed by atoms with Crippen LogP contribution in [-0.2, 0) is 11.2 Å². The maximum atomic E-state index is 13.1. The summed E-state index contributed by atoms with van der Waals surface area (Å²) in [5.41, 5.74) is 1.43. The third-order valence-corrected chi connectivity index (χ3v) is 6.15. The topological polar surface area (TPSA) is 67.9 Å². The van der Waals surface area contributed by atoms with Crippen LogP contribution in [0, 0.1) is 11.7 Å². The average Bonchev–Trinajstić information content (AvgIpc) is 2.79. The second-order valence-electron chi connectivity index (χ2n) is 7.44. The summed E-state index contributed by atoms with van der Waals surface area (Å²) in [6.45, 7) is 1.43. The summed E-state index contributed by atoms with van der Waals surface area (Å²) in [5, 5.41) is 2.98. The van der Waals surface area contributed by atoms with E-state index < -0.39 is 0 Å². The van der Waals surface area contributed by atoms with Crippen LogP contribution < -0.4 is 14.8 Å². The number of halogens is 2. The number of piperidine rings is 1. The summed E-state index contributed by atoms with van der Waals surface area (Å²) in [6, 6.07) is 9.22. The molecular formula is C23H26BrFN2O4. The Morgan fingerprint density at radius 3 is 2.52 bits per heavy atom. The van der Waals surface area contributed by atoms with Crippen molar-refractivity contribution in [1.82, 2.24) is 10.2 Å². The number of ether oxygens (including phenoxy) is 2. The van der Waals surface area contributed by atoms with E-state index in [2.05, 4.69) is 21.2 Å². The number of likely N-dealkylation sites (tertiary alicyclic amines) is 1. The molecule has 2 amide bonds. The number of nitrogens with one attached hydrogen (secondary N) is 1. The first-order chi connectivity index (χ1) is 14.9. The van der Waals surface area contributed by atoms with Crippen LogP contribution in [0.2, 0.25) is 0 Å². The molecule has 0 bridgehead atoms. The molecule has 6 nitrogen and oxygen atoms in total. The van der Waals surface area contributed by atoms with E-state index in [1.807, 2.05) is 12.1 Å².